The van der Waals surface area contributed by atoms with Crippen molar-refractivity contribution in [3.8, 4) is 0 Å². The van der Waals surface area contributed by atoms with Crippen LogP contribution in [0.4, 0.5) is 11.9 Å². The molecule has 0 unspecified atom stereocenters. The van der Waals surface area contributed by atoms with E-state index in [-0.39, 0.29) is 43.2 Å². The van der Waals surface area contributed by atoms with E-state index in [0.29, 0.717) is 5.95 Å². The molecule has 0 spiro atoms. The number of allylic oxidation sites excluding steroid dienone is 1. The van der Waals surface area contributed by atoms with Gasteiger partial charge in [0, 0.05) is 5.70 Å². The van der Waals surface area contributed by atoms with Crippen molar-refractivity contribution in [2.24, 2.45) is 0 Å². The molecule has 0 radical (unpaired) electrons. The first kappa shape index (κ1) is 23.1. The first-order chi connectivity index (χ1) is 17.4. The number of benzene rings is 3. The average molecular weight is 557 g/mol. The summed E-state index contributed by atoms with van der Waals surface area (Å²) in [7, 11) is 0. The summed E-state index contributed by atoms with van der Waals surface area (Å²) in [5, 5.41) is 7.27. The molecule has 1 atom stereocenters. The fourth-order valence-corrected chi connectivity index (χ4v) is 5.30. The number of nitrogens with one attached hydrogen (secondary N) is 1. The Labute approximate surface area is 224 Å². The van der Waals surface area contributed by atoms with E-state index in [1.54, 1.807) is 4.68 Å². The zero-order chi connectivity index (χ0) is 25.1. The zero-order valence-corrected chi connectivity index (χ0v) is 21.1. The highest BCUT2D eigenvalue weighted by molar-refractivity contribution is 6.56. The highest BCUT2D eigenvalue weighted by Gasteiger charge is 2.45. The SMILES string of the molecule is O=C1c2c(Cl)c(Cl)c(Cl)c(Cl)c2C(=O)N1c1nc2n(n1)[C@H](c1ccccc1)C=C(c1ccccc1)N2. The van der Waals surface area contributed by atoms with Crippen LogP contribution in [0.1, 0.15) is 37.9 Å². The lowest BCUT2D eigenvalue weighted by atomic mass is 10.0. The maximum atomic E-state index is 13.3. The quantitative estimate of drug-likeness (QED) is 0.171. The Balaban J connectivity index is 1.47. The number of anilines is 2. The summed E-state index contributed by atoms with van der Waals surface area (Å²) in [6, 6.07) is 19.1. The maximum Gasteiger partial charge on any atom is 0.270 e. The fraction of sp³-hybridized carbons (Fsp3) is 0.0400. The van der Waals surface area contributed by atoms with E-state index in [2.05, 4.69) is 15.4 Å². The zero-order valence-electron chi connectivity index (χ0n) is 18.0. The topological polar surface area (TPSA) is 80.1 Å². The average Bonchev–Trinajstić information content (AvgIpc) is 3.44. The number of amides is 2. The van der Waals surface area contributed by atoms with E-state index in [0.717, 1.165) is 21.7 Å². The molecular weight excluding hydrogens is 544 g/mol. The predicted molar refractivity (Wildman–Crippen MR) is 140 cm³/mol. The molecular formula is C25H13Cl4N5O2. The Morgan fingerprint density at radius 2 is 1.31 bits per heavy atom. The number of carbonyl (C=O) groups is 2. The van der Waals surface area contributed by atoms with E-state index < -0.39 is 11.8 Å². The molecule has 1 N–H and O–H groups in total. The smallest absolute Gasteiger partial charge is 0.270 e. The second-order valence-electron chi connectivity index (χ2n) is 8.06. The summed E-state index contributed by atoms with van der Waals surface area (Å²) in [6.45, 7) is 0. The summed E-state index contributed by atoms with van der Waals surface area (Å²) in [6.07, 6.45) is 2.01. The van der Waals surface area contributed by atoms with Gasteiger partial charge in [-0.1, -0.05) is 107 Å². The molecule has 1 aromatic heterocycles. The number of rotatable bonds is 3. The molecule has 4 aromatic rings. The van der Waals surface area contributed by atoms with E-state index in [9.17, 15) is 9.59 Å². The molecule has 178 valence electrons. The van der Waals surface area contributed by atoms with Crippen molar-refractivity contribution in [2.45, 2.75) is 6.04 Å². The molecule has 2 aliphatic heterocycles. The van der Waals surface area contributed by atoms with Gasteiger partial charge in [-0.05, 0) is 17.2 Å². The molecule has 0 aliphatic carbocycles. The minimum atomic E-state index is -0.740. The van der Waals surface area contributed by atoms with Crippen LogP contribution in [-0.4, -0.2) is 26.6 Å². The number of halogens is 4. The lowest BCUT2D eigenvalue weighted by Crippen LogP contribution is -2.30. The van der Waals surface area contributed by atoms with E-state index in [4.69, 9.17) is 46.4 Å². The second-order valence-corrected chi connectivity index (χ2v) is 9.57. The van der Waals surface area contributed by atoms with Crippen LogP contribution in [0.3, 0.4) is 0 Å². The summed E-state index contributed by atoms with van der Waals surface area (Å²) in [5.74, 6) is -1.26. The Hall–Kier alpha value is -3.36. The number of hydrogen-bond acceptors (Lipinski definition) is 5. The molecule has 11 heteroatoms. The van der Waals surface area contributed by atoms with Crippen molar-refractivity contribution >= 4 is 75.8 Å². The highest BCUT2D eigenvalue weighted by atomic mass is 35.5. The summed E-state index contributed by atoms with van der Waals surface area (Å²) >= 11 is 24.8. The van der Waals surface area contributed by atoms with Crippen LogP contribution in [0.2, 0.25) is 20.1 Å². The third-order valence-electron chi connectivity index (χ3n) is 5.98. The van der Waals surface area contributed by atoms with Crippen molar-refractivity contribution in [1.82, 2.24) is 14.8 Å². The Morgan fingerprint density at radius 3 is 1.89 bits per heavy atom. The maximum absolute atomic E-state index is 13.3. The van der Waals surface area contributed by atoms with Gasteiger partial charge in [0.15, 0.2) is 0 Å². The number of carbonyl (C=O) groups excluding carboxylic acids is 2. The molecule has 0 saturated heterocycles. The van der Waals surface area contributed by atoms with Crippen molar-refractivity contribution in [2.75, 3.05) is 10.2 Å². The van der Waals surface area contributed by atoms with Gasteiger partial charge in [-0.25, -0.2) is 9.58 Å². The number of fused-ring (bicyclic) bond motifs is 2. The Morgan fingerprint density at radius 1 is 0.750 bits per heavy atom. The number of hydrogen-bond donors (Lipinski definition) is 1. The van der Waals surface area contributed by atoms with E-state index in [1.807, 2.05) is 66.7 Å². The van der Waals surface area contributed by atoms with Gasteiger partial charge in [0.2, 0.25) is 5.95 Å². The second kappa shape index (κ2) is 8.64. The van der Waals surface area contributed by atoms with E-state index in [1.165, 1.54) is 0 Å². The third kappa shape index (κ3) is 3.43. The monoisotopic (exact) mass is 555 g/mol. The van der Waals surface area contributed by atoms with Gasteiger partial charge in [-0.2, -0.15) is 4.98 Å². The van der Waals surface area contributed by atoms with Crippen LogP contribution in [0.5, 0.6) is 0 Å². The summed E-state index contributed by atoms with van der Waals surface area (Å²) in [4.78, 5) is 32.0. The first-order valence-electron chi connectivity index (χ1n) is 10.7. The highest BCUT2D eigenvalue weighted by Crippen LogP contribution is 2.45. The van der Waals surface area contributed by atoms with Crippen molar-refractivity contribution in [3.63, 3.8) is 0 Å². The number of aromatic nitrogens is 3. The number of nitrogens with zero attached hydrogens (tertiary/aromatic N) is 4. The molecule has 36 heavy (non-hydrogen) atoms. The molecule has 2 amide bonds. The Bertz CT molecular complexity index is 1560. The minimum Gasteiger partial charge on any atom is -0.324 e. The molecule has 0 saturated carbocycles. The van der Waals surface area contributed by atoms with Gasteiger partial charge in [-0.15, -0.1) is 5.10 Å². The molecule has 3 heterocycles. The number of imide groups is 1. The van der Waals surface area contributed by atoms with Gasteiger partial charge in [0.25, 0.3) is 17.8 Å². The van der Waals surface area contributed by atoms with Gasteiger partial charge >= 0.3 is 0 Å². The standard InChI is InChI=1S/C25H13Cl4N5O2/c26-18-16-17(19(27)21(29)20(18)28)23(36)33(22(16)35)25-31-24-30-14(12-7-3-1-4-8-12)11-15(34(24)32-25)13-9-5-2-6-10-13/h1-11,15H,(H,30,31,32)/t15-/m0/s1. The van der Waals surface area contributed by atoms with Crippen LogP contribution < -0.4 is 10.2 Å². The summed E-state index contributed by atoms with van der Waals surface area (Å²) in [5.41, 5.74) is 2.42. The summed E-state index contributed by atoms with van der Waals surface area (Å²) < 4.78 is 1.61. The molecule has 7 nitrogen and oxygen atoms in total. The van der Waals surface area contributed by atoms with Gasteiger partial charge < -0.3 is 5.32 Å². The third-order valence-corrected chi connectivity index (χ3v) is 7.78. The van der Waals surface area contributed by atoms with Gasteiger partial charge in [0.1, 0.15) is 6.04 Å². The van der Waals surface area contributed by atoms with Crippen molar-refractivity contribution in [3.05, 3.63) is 109 Å². The molecule has 3 aromatic carbocycles. The molecule has 0 fully saturated rings. The van der Waals surface area contributed by atoms with Crippen LogP contribution in [0.15, 0.2) is 66.7 Å². The van der Waals surface area contributed by atoms with Gasteiger partial charge in [0.05, 0.1) is 31.2 Å². The van der Waals surface area contributed by atoms with Crippen LogP contribution in [0.25, 0.3) is 5.70 Å². The minimum absolute atomic E-state index is 0.107. The van der Waals surface area contributed by atoms with E-state index >= 15 is 0 Å². The van der Waals surface area contributed by atoms with Crippen molar-refractivity contribution < 1.29 is 9.59 Å². The molecule has 0 bridgehead atoms. The lowest BCUT2D eigenvalue weighted by molar-refractivity contribution is 0.0924. The molecule has 2 aliphatic rings. The lowest BCUT2D eigenvalue weighted by Gasteiger charge is -2.24. The normalized spacial score (nSPS) is 16.5. The van der Waals surface area contributed by atoms with Crippen LogP contribution in [0, 0.1) is 0 Å². The first-order valence-corrected chi connectivity index (χ1v) is 12.2. The van der Waals surface area contributed by atoms with Crippen molar-refractivity contribution in [1.29, 1.82) is 0 Å². The van der Waals surface area contributed by atoms with Crippen LogP contribution >= 0.6 is 46.4 Å². The van der Waals surface area contributed by atoms with Gasteiger partial charge in [-0.3, -0.25) is 9.59 Å². The fourth-order valence-electron chi connectivity index (χ4n) is 4.28. The molecule has 6 rings (SSSR count). The Kier molecular flexibility index (Phi) is 5.53. The van der Waals surface area contributed by atoms with Crippen LogP contribution in [-0.2, 0) is 0 Å². The largest absolute Gasteiger partial charge is 0.324 e. The predicted octanol–water partition coefficient (Wildman–Crippen LogP) is 6.75.